The normalized spacial score (nSPS) is 15.7. The lowest BCUT2D eigenvalue weighted by Gasteiger charge is -2.25. The van der Waals surface area contributed by atoms with Crippen molar-refractivity contribution in [1.29, 1.82) is 0 Å². The SMILES string of the molecule is CCOC(=O)C1=C(C)N=c2s/c(=C\c3cc(Br)cc(I)c3OC(C)C)c(=O)n2[C@@H]1c1ccccc1Cl. The molecule has 3 aromatic rings. The molecule has 0 N–H and O–H groups in total. The van der Waals surface area contributed by atoms with Crippen molar-refractivity contribution in [3.8, 4) is 5.75 Å². The van der Waals surface area contributed by atoms with Crippen molar-refractivity contribution in [3.63, 3.8) is 0 Å². The average molecular weight is 702 g/mol. The van der Waals surface area contributed by atoms with E-state index in [2.05, 4.69) is 43.5 Å². The third kappa shape index (κ3) is 5.34. The zero-order valence-electron chi connectivity index (χ0n) is 20.0. The number of halogens is 3. The Labute approximate surface area is 239 Å². The van der Waals surface area contributed by atoms with Gasteiger partial charge in [-0.3, -0.25) is 9.36 Å². The third-order valence-corrected chi connectivity index (χ3v) is 7.98. The van der Waals surface area contributed by atoms with E-state index in [0.717, 1.165) is 13.6 Å². The number of carbonyl (C=O) groups is 1. The van der Waals surface area contributed by atoms with Crippen LogP contribution in [0.25, 0.3) is 6.08 Å². The minimum Gasteiger partial charge on any atom is -0.489 e. The van der Waals surface area contributed by atoms with Crippen LogP contribution in [0.3, 0.4) is 0 Å². The summed E-state index contributed by atoms with van der Waals surface area (Å²) in [5.74, 6) is 0.179. The molecule has 1 aliphatic rings. The zero-order chi connectivity index (χ0) is 26.1. The summed E-state index contributed by atoms with van der Waals surface area (Å²) in [5.41, 5.74) is 1.91. The number of aromatic nitrogens is 1. The molecule has 4 rings (SSSR count). The fraction of sp³-hybridized carbons (Fsp3) is 0.269. The molecule has 0 bridgehead atoms. The largest absolute Gasteiger partial charge is 0.489 e. The Morgan fingerprint density at radius 1 is 1.33 bits per heavy atom. The van der Waals surface area contributed by atoms with Gasteiger partial charge in [-0.25, -0.2) is 9.79 Å². The van der Waals surface area contributed by atoms with E-state index >= 15 is 0 Å². The number of hydrogen-bond donors (Lipinski definition) is 0. The molecule has 36 heavy (non-hydrogen) atoms. The minimum absolute atomic E-state index is 0.0388. The summed E-state index contributed by atoms with van der Waals surface area (Å²) in [5, 5.41) is 0.447. The maximum Gasteiger partial charge on any atom is 0.338 e. The van der Waals surface area contributed by atoms with E-state index in [1.807, 2.05) is 44.2 Å². The van der Waals surface area contributed by atoms with Crippen molar-refractivity contribution in [3.05, 3.63) is 91.5 Å². The second-order valence-electron chi connectivity index (χ2n) is 8.30. The number of hydrogen-bond acceptors (Lipinski definition) is 6. The molecule has 1 atom stereocenters. The van der Waals surface area contributed by atoms with Gasteiger partial charge in [-0.05, 0) is 80.1 Å². The summed E-state index contributed by atoms with van der Waals surface area (Å²) in [6, 6.07) is 10.3. The van der Waals surface area contributed by atoms with Crippen LogP contribution in [0.1, 0.15) is 44.9 Å². The summed E-state index contributed by atoms with van der Waals surface area (Å²) in [4.78, 5) is 32.0. The highest BCUT2D eigenvalue weighted by Gasteiger charge is 2.34. The van der Waals surface area contributed by atoms with E-state index in [4.69, 9.17) is 21.1 Å². The summed E-state index contributed by atoms with van der Waals surface area (Å²) in [7, 11) is 0. The van der Waals surface area contributed by atoms with Gasteiger partial charge in [-0.2, -0.15) is 0 Å². The lowest BCUT2D eigenvalue weighted by molar-refractivity contribution is -0.139. The molecule has 2 aromatic carbocycles. The second-order valence-corrected chi connectivity index (χ2v) is 11.8. The van der Waals surface area contributed by atoms with Crippen molar-refractivity contribution in [1.82, 2.24) is 4.57 Å². The number of nitrogens with zero attached hydrogens (tertiary/aromatic N) is 2. The van der Waals surface area contributed by atoms with Gasteiger partial charge in [0, 0.05) is 15.1 Å². The van der Waals surface area contributed by atoms with Crippen molar-refractivity contribution in [2.75, 3.05) is 6.61 Å². The van der Waals surface area contributed by atoms with E-state index in [9.17, 15) is 9.59 Å². The molecule has 2 heterocycles. The first kappa shape index (κ1) is 27.1. The van der Waals surface area contributed by atoms with Gasteiger partial charge in [0.25, 0.3) is 5.56 Å². The molecular weight excluding hydrogens is 679 g/mol. The monoisotopic (exact) mass is 700 g/mol. The molecule has 0 fully saturated rings. The molecule has 0 radical (unpaired) electrons. The van der Waals surface area contributed by atoms with Crippen LogP contribution < -0.4 is 19.6 Å². The Morgan fingerprint density at radius 3 is 2.72 bits per heavy atom. The number of rotatable bonds is 6. The van der Waals surface area contributed by atoms with Gasteiger partial charge < -0.3 is 9.47 Å². The maximum absolute atomic E-state index is 13.9. The highest BCUT2D eigenvalue weighted by molar-refractivity contribution is 14.1. The highest BCUT2D eigenvalue weighted by atomic mass is 127. The van der Waals surface area contributed by atoms with E-state index in [1.54, 1.807) is 26.0 Å². The summed E-state index contributed by atoms with van der Waals surface area (Å²) < 4.78 is 15.2. The van der Waals surface area contributed by atoms with Crippen LogP contribution >= 0.6 is 61.5 Å². The van der Waals surface area contributed by atoms with Crippen LogP contribution in [0.4, 0.5) is 0 Å². The third-order valence-electron chi connectivity index (χ3n) is 5.39. The smallest absolute Gasteiger partial charge is 0.338 e. The molecule has 0 saturated heterocycles. The number of ether oxygens (including phenoxy) is 2. The average Bonchev–Trinajstić information content (AvgIpc) is 3.10. The van der Waals surface area contributed by atoms with Crippen molar-refractivity contribution in [2.24, 2.45) is 4.99 Å². The van der Waals surface area contributed by atoms with Gasteiger partial charge in [-0.15, -0.1) is 0 Å². The van der Waals surface area contributed by atoms with Gasteiger partial charge in [0.15, 0.2) is 4.80 Å². The first-order valence-corrected chi connectivity index (χ1v) is 14.3. The van der Waals surface area contributed by atoms with E-state index in [-0.39, 0.29) is 18.3 Å². The molecule has 10 heteroatoms. The molecule has 6 nitrogen and oxygen atoms in total. The van der Waals surface area contributed by atoms with Crippen LogP contribution in [0.2, 0.25) is 5.02 Å². The standard InChI is InChI=1S/C26H23BrClIN2O4S/c1-5-34-25(33)21-14(4)30-26-31(22(21)17-8-6-7-9-18(17)28)24(32)20(36-26)11-15-10-16(27)12-19(29)23(15)35-13(2)3/h6-13,22H,5H2,1-4H3/b20-11-/t22-/m1/s1. The first-order chi connectivity index (χ1) is 17.1. The Balaban J connectivity index is 1.99. The summed E-state index contributed by atoms with van der Waals surface area (Å²) in [6.45, 7) is 7.61. The zero-order valence-corrected chi connectivity index (χ0v) is 25.3. The topological polar surface area (TPSA) is 69.9 Å². The minimum atomic E-state index is -0.759. The number of fused-ring (bicyclic) bond motifs is 1. The number of carbonyl (C=O) groups excluding carboxylic acids is 1. The first-order valence-electron chi connectivity index (χ1n) is 11.2. The number of thiazole rings is 1. The van der Waals surface area contributed by atoms with E-state index in [1.165, 1.54) is 15.9 Å². The molecule has 0 unspecified atom stereocenters. The van der Waals surface area contributed by atoms with Crippen LogP contribution in [-0.4, -0.2) is 23.2 Å². The Morgan fingerprint density at radius 2 is 2.06 bits per heavy atom. The number of allylic oxidation sites excluding steroid dienone is 1. The predicted molar refractivity (Wildman–Crippen MR) is 154 cm³/mol. The predicted octanol–water partition coefficient (Wildman–Crippen LogP) is 5.61. The molecule has 0 amide bonds. The lowest BCUT2D eigenvalue weighted by Crippen LogP contribution is -2.40. The molecule has 188 valence electrons. The summed E-state index contributed by atoms with van der Waals surface area (Å²) >= 11 is 13.6. The lowest BCUT2D eigenvalue weighted by atomic mass is 9.96. The van der Waals surface area contributed by atoms with Gasteiger partial charge in [0.05, 0.1) is 32.1 Å². The van der Waals surface area contributed by atoms with Crippen molar-refractivity contribution < 1.29 is 14.3 Å². The fourth-order valence-electron chi connectivity index (χ4n) is 3.97. The highest BCUT2D eigenvalue weighted by Crippen LogP contribution is 2.35. The molecule has 1 aliphatic heterocycles. The maximum atomic E-state index is 13.9. The molecule has 0 spiro atoms. The van der Waals surface area contributed by atoms with Crippen LogP contribution in [0.5, 0.6) is 5.75 Å². The van der Waals surface area contributed by atoms with E-state index < -0.39 is 12.0 Å². The van der Waals surface area contributed by atoms with Gasteiger partial charge in [-0.1, -0.05) is 57.1 Å². The van der Waals surface area contributed by atoms with Crippen LogP contribution in [0, 0.1) is 3.57 Å². The summed E-state index contributed by atoms with van der Waals surface area (Å²) in [6.07, 6.45) is 1.77. The second kappa shape index (κ2) is 11.2. The van der Waals surface area contributed by atoms with Gasteiger partial charge in [0.2, 0.25) is 0 Å². The Bertz CT molecular complexity index is 1560. The van der Waals surface area contributed by atoms with Crippen LogP contribution in [0.15, 0.2) is 61.9 Å². The van der Waals surface area contributed by atoms with Crippen LogP contribution in [-0.2, 0) is 9.53 Å². The fourth-order valence-corrected chi connectivity index (χ4v) is 6.93. The van der Waals surface area contributed by atoms with E-state index in [0.29, 0.717) is 36.9 Å². The number of esters is 1. The Hall–Kier alpha value is -1.95. The van der Waals surface area contributed by atoms with Crippen molar-refractivity contribution >= 4 is 73.5 Å². The van der Waals surface area contributed by atoms with Gasteiger partial charge in [0.1, 0.15) is 11.8 Å². The molecular formula is C26H23BrClIN2O4S. The molecule has 0 saturated carbocycles. The van der Waals surface area contributed by atoms with Gasteiger partial charge >= 0.3 is 5.97 Å². The molecule has 0 aliphatic carbocycles. The number of benzene rings is 2. The Kier molecular flexibility index (Phi) is 8.43. The van der Waals surface area contributed by atoms with Crippen molar-refractivity contribution in [2.45, 2.75) is 39.8 Å². The molecule has 1 aromatic heterocycles. The quantitative estimate of drug-likeness (QED) is 0.248.